The first kappa shape index (κ1) is 14.0. The zero-order valence-corrected chi connectivity index (χ0v) is 11.2. The van der Waals surface area contributed by atoms with Gasteiger partial charge >= 0.3 is 0 Å². The van der Waals surface area contributed by atoms with Crippen LogP contribution in [0, 0.1) is 20.8 Å². The third-order valence-electron chi connectivity index (χ3n) is 3.10. The van der Waals surface area contributed by atoms with E-state index in [0.29, 0.717) is 13.0 Å². The van der Waals surface area contributed by atoms with Crippen LogP contribution in [-0.2, 0) is 0 Å². The maximum atomic E-state index is 9.77. The summed E-state index contributed by atoms with van der Waals surface area (Å²) in [6.45, 7) is 8.63. The van der Waals surface area contributed by atoms with Crippen molar-refractivity contribution in [3.8, 4) is 5.75 Å². The molecule has 1 rings (SSSR count). The molecular formula is C14H23NO2. The Labute approximate surface area is 104 Å². The molecule has 0 aliphatic rings. The lowest BCUT2D eigenvalue weighted by molar-refractivity contribution is 0.0452. The Balaban J connectivity index is 2.64. The van der Waals surface area contributed by atoms with Crippen LogP contribution in [0.2, 0.25) is 0 Å². The van der Waals surface area contributed by atoms with Gasteiger partial charge in [-0.3, -0.25) is 0 Å². The van der Waals surface area contributed by atoms with Gasteiger partial charge < -0.3 is 15.6 Å². The molecule has 0 aliphatic heterocycles. The SMILES string of the molecule is Cc1cc(C)c(C)c(OCCC(C)(O)CN)c1. The van der Waals surface area contributed by atoms with Gasteiger partial charge in [-0.05, 0) is 50.5 Å². The number of nitrogens with two attached hydrogens (primary N) is 1. The molecule has 0 aliphatic carbocycles. The van der Waals surface area contributed by atoms with Crippen LogP contribution >= 0.6 is 0 Å². The molecule has 0 heterocycles. The van der Waals surface area contributed by atoms with Gasteiger partial charge in [0.15, 0.2) is 0 Å². The summed E-state index contributed by atoms with van der Waals surface area (Å²) in [4.78, 5) is 0. The first-order valence-electron chi connectivity index (χ1n) is 5.99. The smallest absolute Gasteiger partial charge is 0.122 e. The van der Waals surface area contributed by atoms with Crippen LogP contribution in [0.1, 0.15) is 30.0 Å². The molecular weight excluding hydrogens is 214 g/mol. The molecule has 17 heavy (non-hydrogen) atoms. The number of hydrogen-bond acceptors (Lipinski definition) is 3. The van der Waals surface area contributed by atoms with E-state index in [1.54, 1.807) is 6.92 Å². The minimum atomic E-state index is -0.841. The summed E-state index contributed by atoms with van der Waals surface area (Å²) in [7, 11) is 0. The second kappa shape index (κ2) is 5.52. The average molecular weight is 237 g/mol. The van der Waals surface area contributed by atoms with Crippen molar-refractivity contribution in [2.45, 2.75) is 39.7 Å². The minimum Gasteiger partial charge on any atom is -0.493 e. The quantitative estimate of drug-likeness (QED) is 0.824. The fourth-order valence-corrected chi connectivity index (χ4v) is 1.63. The van der Waals surface area contributed by atoms with Crippen LogP contribution in [0.3, 0.4) is 0 Å². The number of aliphatic hydroxyl groups is 1. The van der Waals surface area contributed by atoms with Gasteiger partial charge in [0.25, 0.3) is 0 Å². The second-order valence-corrected chi connectivity index (χ2v) is 5.00. The molecule has 1 aromatic carbocycles. The number of rotatable bonds is 5. The van der Waals surface area contributed by atoms with Crippen LogP contribution in [0.15, 0.2) is 12.1 Å². The van der Waals surface area contributed by atoms with E-state index in [-0.39, 0.29) is 6.54 Å². The highest BCUT2D eigenvalue weighted by molar-refractivity contribution is 5.41. The van der Waals surface area contributed by atoms with Gasteiger partial charge in [0.05, 0.1) is 12.2 Å². The predicted octanol–water partition coefficient (Wildman–Crippen LogP) is 2.09. The maximum absolute atomic E-state index is 9.77. The number of aryl methyl sites for hydroxylation is 2. The van der Waals surface area contributed by atoms with Crippen molar-refractivity contribution in [2.75, 3.05) is 13.2 Å². The normalized spacial score (nSPS) is 14.5. The average Bonchev–Trinajstić information content (AvgIpc) is 2.24. The van der Waals surface area contributed by atoms with E-state index in [9.17, 15) is 5.11 Å². The van der Waals surface area contributed by atoms with Gasteiger partial charge in [0.2, 0.25) is 0 Å². The van der Waals surface area contributed by atoms with E-state index in [1.165, 1.54) is 11.1 Å². The molecule has 96 valence electrons. The lowest BCUT2D eigenvalue weighted by Crippen LogP contribution is -2.35. The van der Waals surface area contributed by atoms with Gasteiger partial charge in [-0.1, -0.05) is 6.07 Å². The third-order valence-corrected chi connectivity index (χ3v) is 3.10. The maximum Gasteiger partial charge on any atom is 0.122 e. The molecule has 0 bridgehead atoms. The third kappa shape index (κ3) is 4.02. The molecule has 3 heteroatoms. The van der Waals surface area contributed by atoms with Gasteiger partial charge in [-0.25, -0.2) is 0 Å². The molecule has 0 amide bonds. The summed E-state index contributed by atoms with van der Waals surface area (Å²) < 4.78 is 5.72. The summed E-state index contributed by atoms with van der Waals surface area (Å²) in [6, 6.07) is 4.16. The Morgan fingerprint density at radius 1 is 1.29 bits per heavy atom. The number of hydrogen-bond donors (Lipinski definition) is 2. The molecule has 1 unspecified atom stereocenters. The van der Waals surface area contributed by atoms with Gasteiger partial charge in [-0.2, -0.15) is 0 Å². The van der Waals surface area contributed by atoms with Crippen molar-refractivity contribution < 1.29 is 9.84 Å². The van der Waals surface area contributed by atoms with Gasteiger partial charge in [-0.15, -0.1) is 0 Å². The first-order chi connectivity index (χ1) is 7.85. The zero-order valence-electron chi connectivity index (χ0n) is 11.2. The van der Waals surface area contributed by atoms with Gasteiger partial charge in [0.1, 0.15) is 5.75 Å². The van der Waals surface area contributed by atoms with E-state index >= 15 is 0 Å². The summed E-state index contributed by atoms with van der Waals surface area (Å²) in [5.41, 5.74) is 8.19. The highest BCUT2D eigenvalue weighted by Gasteiger charge is 2.17. The van der Waals surface area contributed by atoms with E-state index < -0.39 is 5.60 Å². The van der Waals surface area contributed by atoms with Crippen molar-refractivity contribution in [1.29, 1.82) is 0 Å². The molecule has 1 aromatic rings. The van der Waals surface area contributed by atoms with Crippen LogP contribution in [0.4, 0.5) is 0 Å². The number of benzene rings is 1. The summed E-state index contributed by atoms with van der Waals surface area (Å²) in [5.74, 6) is 0.898. The van der Waals surface area contributed by atoms with Crippen LogP contribution < -0.4 is 10.5 Å². The van der Waals surface area contributed by atoms with Gasteiger partial charge in [0, 0.05) is 13.0 Å². The lowest BCUT2D eigenvalue weighted by Gasteiger charge is -2.21. The van der Waals surface area contributed by atoms with E-state index in [1.807, 2.05) is 13.0 Å². The van der Waals surface area contributed by atoms with Crippen molar-refractivity contribution in [3.63, 3.8) is 0 Å². The second-order valence-electron chi connectivity index (χ2n) is 5.00. The minimum absolute atomic E-state index is 0.252. The van der Waals surface area contributed by atoms with Crippen molar-refractivity contribution in [1.82, 2.24) is 0 Å². The Morgan fingerprint density at radius 3 is 2.53 bits per heavy atom. The molecule has 0 saturated heterocycles. The molecule has 3 N–H and O–H groups in total. The number of ether oxygens (including phenoxy) is 1. The Bertz CT molecular complexity index is 386. The van der Waals surface area contributed by atoms with Crippen molar-refractivity contribution >= 4 is 0 Å². The molecule has 1 atom stereocenters. The van der Waals surface area contributed by atoms with E-state index in [4.69, 9.17) is 10.5 Å². The predicted molar refractivity (Wildman–Crippen MR) is 70.4 cm³/mol. The van der Waals surface area contributed by atoms with Crippen LogP contribution in [0.25, 0.3) is 0 Å². The van der Waals surface area contributed by atoms with Crippen LogP contribution in [-0.4, -0.2) is 23.9 Å². The Hall–Kier alpha value is -1.06. The lowest BCUT2D eigenvalue weighted by atomic mass is 10.0. The Kier molecular flexibility index (Phi) is 4.54. The highest BCUT2D eigenvalue weighted by atomic mass is 16.5. The van der Waals surface area contributed by atoms with Crippen molar-refractivity contribution in [2.24, 2.45) is 5.73 Å². The standard InChI is InChI=1S/C14H23NO2/c1-10-7-11(2)12(3)13(8-10)17-6-5-14(4,16)9-15/h7-8,16H,5-6,9,15H2,1-4H3. The highest BCUT2D eigenvalue weighted by Crippen LogP contribution is 2.23. The summed E-state index contributed by atoms with van der Waals surface area (Å²) in [6.07, 6.45) is 0.538. The fourth-order valence-electron chi connectivity index (χ4n) is 1.63. The van der Waals surface area contributed by atoms with Crippen molar-refractivity contribution in [3.05, 3.63) is 28.8 Å². The molecule has 0 spiro atoms. The zero-order chi connectivity index (χ0) is 13.1. The molecule has 0 fully saturated rings. The van der Waals surface area contributed by atoms with E-state index in [2.05, 4.69) is 19.9 Å². The molecule has 0 aromatic heterocycles. The summed E-state index contributed by atoms with van der Waals surface area (Å²) >= 11 is 0. The molecule has 3 nitrogen and oxygen atoms in total. The summed E-state index contributed by atoms with van der Waals surface area (Å²) in [5, 5.41) is 9.77. The Morgan fingerprint density at radius 2 is 1.94 bits per heavy atom. The van der Waals surface area contributed by atoms with Crippen LogP contribution in [0.5, 0.6) is 5.75 Å². The molecule has 0 saturated carbocycles. The van der Waals surface area contributed by atoms with E-state index in [0.717, 1.165) is 11.3 Å². The molecule has 0 radical (unpaired) electrons. The fraction of sp³-hybridized carbons (Fsp3) is 0.571. The largest absolute Gasteiger partial charge is 0.493 e. The monoisotopic (exact) mass is 237 g/mol. The topological polar surface area (TPSA) is 55.5 Å². The first-order valence-corrected chi connectivity index (χ1v) is 5.99.